The minimum absolute atomic E-state index is 0.0315. The van der Waals surface area contributed by atoms with E-state index in [1.54, 1.807) is 12.1 Å². The Labute approximate surface area is 117 Å². The molecule has 3 nitrogen and oxygen atoms in total. The Hall–Kier alpha value is -2.50. The van der Waals surface area contributed by atoms with Gasteiger partial charge >= 0.3 is 6.18 Å². The van der Waals surface area contributed by atoms with E-state index in [1.807, 2.05) is 0 Å². The molecule has 106 valence electrons. The molecule has 3 rings (SSSR count). The summed E-state index contributed by atoms with van der Waals surface area (Å²) in [4.78, 5) is 28.0. The van der Waals surface area contributed by atoms with E-state index in [9.17, 15) is 22.8 Å². The topological polar surface area (TPSA) is 47.0 Å². The fraction of sp³-hybridized carbons (Fsp3) is 0.133. The van der Waals surface area contributed by atoms with Crippen LogP contribution in [0.25, 0.3) is 0 Å². The first kappa shape index (κ1) is 13.5. The van der Waals surface area contributed by atoms with E-state index >= 15 is 0 Å². The maximum absolute atomic E-state index is 12.7. The van der Waals surface area contributed by atoms with Gasteiger partial charge in [0.15, 0.2) is 11.6 Å². The number of Topliss-reactive ketones (excluding diaryl/α,β-unsaturated/α-hetero) is 2. The van der Waals surface area contributed by atoms with Crippen LogP contribution in [0, 0.1) is 0 Å². The Morgan fingerprint density at radius 2 is 1.52 bits per heavy atom. The van der Waals surface area contributed by atoms with Gasteiger partial charge < -0.3 is 0 Å². The maximum atomic E-state index is 12.7. The normalized spacial score (nSPS) is 15.4. The number of rotatable bonds is 1. The van der Waals surface area contributed by atoms with Crippen LogP contribution >= 0.6 is 0 Å². The highest BCUT2D eigenvalue weighted by atomic mass is 19.4. The number of nitrogens with zero attached hydrogens (tertiary/aromatic N) is 1. The quantitative estimate of drug-likeness (QED) is 0.758. The molecule has 1 aromatic heterocycles. The van der Waals surface area contributed by atoms with Crippen molar-refractivity contribution < 1.29 is 22.8 Å². The first-order chi connectivity index (χ1) is 9.89. The number of aromatic nitrogens is 1. The summed E-state index contributed by atoms with van der Waals surface area (Å²) in [5, 5.41) is 0. The number of benzene rings is 1. The number of hydrogen-bond donors (Lipinski definition) is 0. The second kappa shape index (κ2) is 4.51. The van der Waals surface area contributed by atoms with Gasteiger partial charge in [0.1, 0.15) is 5.92 Å². The van der Waals surface area contributed by atoms with Crippen molar-refractivity contribution in [3.63, 3.8) is 0 Å². The molecule has 1 heterocycles. The molecule has 0 saturated heterocycles. The Morgan fingerprint density at radius 3 is 2.05 bits per heavy atom. The molecule has 0 N–H and O–H groups in total. The van der Waals surface area contributed by atoms with E-state index < -0.39 is 29.2 Å². The molecule has 6 heteroatoms. The minimum Gasteiger partial charge on any atom is -0.293 e. The van der Waals surface area contributed by atoms with Crippen LogP contribution in [0.15, 0.2) is 42.7 Å². The molecule has 1 aliphatic carbocycles. The summed E-state index contributed by atoms with van der Waals surface area (Å²) >= 11 is 0. The molecule has 2 aromatic rings. The predicted molar refractivity (Wildman–Crippen MR) is 67.1 cm³/mol. The predicted octanol–water partition coefficient (Wildman–Crippen LogP) is 3.26. The zero-order chi connectivity index (χ0) is 15.2. The average molecular weight is 291 g/mol. The second-order valence-corrected chi connectivity index (χ2v) is 4.71. The van der Waals surface area contributed by atoms with Crippen LogP contribution in [0.4, 0.5) is 13.2 Å². The Morgan fingerprint density at radius 1 is 0.952 bits per heavy atom. The van der Waals surface area contributed by atoms with Crippen LogP contribution in [0.2, 0.25) is 0 Å². The molecule has 0 saturated carbocycles. The third-order valence-electron chi connectivity index (χ3n) is 3.40. The number of carbonyl (C=O) groups is 2. The smallest absolute Gasteiger partial charge is 0.293 e. The Kier molecular flexibility index (Phi) is 2.90. The number of pyridine rings is 1. The lowest BCUT2D eigenvalue weighted by Crippen LogP contribution is -2.15. The van der Waals surface area contributed by atoms with Crippen LogP contribution in [0.1, 0.15) is 37.8 Å². The lowest BCUT2D eigenvalue weighted by atomic mass is 9.95. The van der Waals surface area contributed by atoms with E-state index in [0.29, 0.717) is 6.20 Å². The SMILES string of the molecule is O=C1c2ccccc2C(=O)C1c1cncc(C(F)(F)F)c1. The van der Waals surface area contributed by atoms with Crippen molar-refractivity contribution in [2.45, 2.75) is 12.1 Å². The maximum Gasteiger partial charge on any atom is 0.417 e. The highest BCUT2D eigenvalue weighted by Gasteiger charge is 2.40. The fourth-order valence-electron chi connectivity index (χ4n) is 2.42. The van der Waals surface area contributed by atoms with Gasteiger partial charge in [-0.15, -0.1) is 0 Å². The van der Waals surface area contributed by atoms with Crippen LogP contribution in [0.3, 0.4) is 0 Å². The Balaban J connectivity index is 2.08. The number of carbonyl (C=O) groups excluding carboxylic acids is 2. The van der Waals surface area contributed by atoms with Crippen LogP contribution in [-0.4, -0.2) is 16.6 Å². The summed E-state index contributed by atoms with van der Waals surface area (Å²) in [7, 11) is 0. The lowest BCUT2D eigenvalue weighted by Gasteiger charge is -2.10. The number of alkyl halides is 3. The molecule has 0 aliphatic heterocycles. The molecule has 1 aromatic carbocycles. The lowest BCUT2D eigenvalue weighted by molar-refractivity contribution is -0.137. The van der Waals surface area contributed by atoms with Gasteiger partial charge in [0, 0.05) is 23.5 Å². The highest BCUT2D eigenvalue weighted by Crippen LogP contribution is 2.36. The van der Waals surface area contributed by atoms with Crippen molar-refractivity contribution in [1.82, 2.24) is 4.98 Å². The van der Waals surface area contributed by atoms with Crippen molar-refractivity contribution in [3.05, 3.63) is 65.0 Å². The van der Waals surface area contributed by atoms with E-state index in [0.717, 1.165) is 12.3 Å². The van der Waals surface area contributed by atoms with Crippen molar-refractivity contribution in [2.24, 2.45) is 0 Å². The first-order valence-electron chi connectivity index (χ1n) is 6.09. The summed E-state index contributed by atoms with van der Waals surface area (Å²) in [6, 6.07) is 7.01. The number of ketones is 2. The minimum atomic E-state index is -4.57. The second-order valence-electron chi connectivity index (χ2n) is 4.71. The standard InChI is InChI=1S/C15H8F3NO2/c16-15(17,18)9-5-8(6-19-7-9)12-13(20)10-3-1-2-4-11(10)14(12)21/h1-7,12H. The Bertz CT molecular complexity index is 718. The molecule has 0 spiro atoms. The molecule has 0 bridgehead atoms. The summed E-state index contributed by atoms with van der Waals surface area (Å²) in [5.41, 5.74) is -0.526. The molecule has 0 unspecified atom stereocenters. The largest absolute Gasteiger partial charge is 0.417 e. The van der Waals surface area contributed by atoms with Crippen LogP contribution < -0.4 is 0 Å². The van der Waals surface area contributed by atoms with E-state index in [-0.39, 0.29) is 16.7 Å². The van der Waals surface area contributed by atoms with Gasteiger partial charge in [0.05, 0.1) is 5.56 Å². The molecule has 21 heavy (non-hydrogen) atoms. The summed E-state index contributed by atoms with van der Waals surface area (Å²) in [6.45, 7) is 0. The van der Waals surface area contributed by atoms with Gasteiger partial charge in [-0.05, 0) is 11.6 Å². The van der Waals surface area contributed by atoms with Gasteiger partial charge in [0.2, 0.25) is 0 Å². The zero-order valence-electron chi connectivity index (χ0n) is 10.5. The monoisotopic (exact) mass is 291 g/mol. The number of fused-ring (bicyclic) bond motifs is 1. The van der Waals surface area contributed by atoms with Crippen molar-refractivity contribution >= 4 is 11.6 Å². The third-order valence-corrected chi connectivity index (χ3v) is 3.40. The number of halogens is 3. The highest BCUT2D eigenvalue weighted by molar-refractivity contribution is 6.29. The molecule has 0 radical (unpaired) electrons. The van der Waals surface area contributed by atoms with Gasteiger partial charge in [0.25, 0.3) is 0 Å². The zero-order valence-corrected chi connectivity index (χ0v) is 10.5. The van der Waals surface area contributed by atoms with Gasteiger partial charge in [-0.1, -0.05) is 24.3 Å². The van der Waals surface area contributed by atoms with Crippen molar-refractivity contribution in [2.75, 3.05) is 0 Å². The summed E-state index contributed by atoms with van der Waals surface area (Å²) < 4.78 is 38.1. The van der Waals surface area contributed by atoms with Gasteiger partial charge in [-0.25, -0.2) is 0 Å². The van der Waals surface area contributed by atoms with E-state index in [2.05, 4.69) is 4.98 Å². The van der Waals surface area contributed by atoms with Crippen molar-refractivity contribution in [3.8, 4) is 0 Å². The molecular formula is C15H8F3NO2. The number of hydrogen-bond acceptors (Lipinski definition) is 3. The van der Waals surface area contributed by atoms with E-state index in [1.165, 1.54) is 12.1 Å². The molecule has 1 aliphatic rings. The van der Waals surface area contributed by atoms with E-state index in [4.69, 9.17) is 0 Å². The van der Waals surface area contributed by atoms with Crippen LogP contribution in [0.5, 0.6) is 0 Å². The van der Waals surface area contributed by atoms with Crippen molar-refractivity contribution in [1.29, 1.82) is 0 Å². The molecule has 0 fully saturated rings. The molecule has 0 amide bonds. The third kappa shape index (κ3) is 2.12. The van der Waals surface area contributed by atoms with Crippen LogP contribution in [-0.2, 0) is 6.18 Å². The van der Waals surface area contributed by atoms with Gasteiger partial charge in [-0.2, -0.15) is 13.2 Å². The average Bonchev–Trinajstić information content (AvgIpc) is 2.71. The summed E-state index contributed by atoms with van der Waals surface area (Å²) in [6.07, 6.45) is -2.78. The molecular weight excluding hydrogens is 283 g/mol. The molecule has 0 atom stereocenters. The van der Waals surface area contributed by atoms with Gasteiger partial charge in [-0.3, -0.25) is 14.6 Å². The first-order valence-corrected chi connectivity index (χ1v) is 6.09. The fourth-order valence-corrected chi connectivity index (χ4v) is 2.42. The summed E-state index contributed by atoms with van der Waals surface area (Å²) in [5.74, 6) is -2.22.